The summed E-state index contributed by atoms with van der Waals surface area (Å²) in [5.74, 6) is 0.101. The van der Waals surface area contributed by atoms with Crippen LogP contribution in [0.25, 0.3) is 0 Å². The number of ether oxygens (including phenoxy) is 1. The van der Waals surface area contributed by atoms with E-state index in [1.54, 1.807) is 27.8 Å². The lowest BCUT2D eigenvalue weighted by molar-refractivity contribution is -0.133. The van der Waals surface area contributed by atoms with Gasteiger partial charge in [-0.05, 0) is 45.4 Å². The number of amides is 1. The molecule has 0 aliphatic heterocycles. The second-order valence-electron chi connectivity index (χ2n) is 4.72. The third kappa shape index (κ3) is 5.23. The second-order valence-corrected chi connectivity index (χ2v) is 4.72. The van der Waals surface area contributed by atoms with E-state index in [1.165, 1.54) is 0 Å². The third-order valence-electron chi connectivity index (χ3n) is 3.31. The van der Waals surface area contributed by atoms with Crippen molar-refractivity contribution < 1.29 is 9.53 Å². The van der Waals surface area contributed by atoms with E-state index in [0.717, 1.165) is 12.8 Å². The van der Waals surface area contributed by atoms with Gasteiger partial charge in [0.05, 0.1) is 0 Å². The highest BCUT2D eigenvalue weighted by Crippen LogP contribution is 2.04. The Balaban J connectivity index is 2.65. The standard InChI is InChI=1S/C15H25N3O3/c1-3-17(4-2)14(19)12-21-13-8-7-11-18(15(13)20)10-6-5-9-16/h7-8,11H,3-6,9-10,12,16H2,1-2H3. The van der Waals surface area contributed by atoms with Gasteiger partial charge in [-0.3, -0.25) is 9.59 Å². The molecule has 118 valence electrons. The zero-order valence-corrected chi connectivity index (χ0v) is 12.9. The zero-order chi connectivity index (χ0) is 15.7. The van der Waals surface area contributed by atoms with Gasteiger partial charge in [0.1, 0.15) is 0 Å². The van der Waals surface area contributed by atoms with Crippen LogP contribution in [-0.2, 0) is 11.3 Å². The molecule has 1 aromatic rings. The average Bonchev–Trinajstić information content (AvgIpc) is 2.49. The predicted molar refractivity (Wildman–Crippen MR) is 82.4 cm³/mol. The molecule has 1 amide bonds. The van der Waals surface area contributed by atoms with E-state index in [2.05, 4.69) is 0 Å². The van der Waals surface area contributed by atoms with Gasteiger partial charge in [-0.1, -0.05) is 0 Å². The van der Waals surface area contributed by atoms with Gasteiger partial charge in [0.15, 0.2) is 12.4 Å². The number of hydrogen-bond donors (Lipinski definition) is 1. The summed E-state index contributed by atoms with van der Waals surface area (Å²) < 4.78 is 6.97. The van der Waals surface area contributed by atoms with Gasteiger partial charge in [-0.25, -0.2) is 0 Å². The lowest BCUT2D eigenvalue weighted by Crippen LogP contribution is -2.35. The van der Waals surface area contributed by atoms with Crippen molar-refractivity contribution in [3.63, 3.8) is 0 Å². The van der Waals surface area contributed by atoms with Crippen LogP contribution in [0.15, 0.2) is 23.1 Å². The van der Waals surface area contributed by atoms with Crippen LogP contribution < -0.4 is 16.0 Å². The predicted octanol–water partition coefficient (Wildman–Crippen LogP) is 0.834. The Morgan fingerprint density at radius 1 is 1.33 bits per heavy atom. The van der Waals surface area contributed by atoms with Crippen molar-refractivity contribution >= 4 is 5.91 Å². The molecule has 0 saturated carbocycles. The van der Waals surface area contributed by atoms with Gasteiger partial charge in [-0.2, -0.15) is 0 Å². The Bertz CT molecular complexity index is 495. The fraction of sp³-hybridized carbons (Fsp3) is 0.600. The first kappa shape index (κ1) is 17.2. The van der Waals surface area contributed by atoms with Crippen LogP contribution in [0.2, 0.25) is 0 Å². The maximum absolute atomic E-state index is 12.2. The summed E-state index contributed by atoms with van der Waals surface area (Å²) in [6, 6.07) is 3.35. The number of rotatable bonds is 9. The lowest BCUT2D eigenvalue weighted by atomic mass is 10.3. The monoisotopic (exact) mass is 295 g/mol. The molecule has 0 spiro atoms. The van der Waals surface area contributed by atoms with Gasteiger partial charge in [-0.15, -0.1) is 0 Å². The van der Waals surface area contributed by atoms with Crippen LogP contribution in [-0.4, -0.2) is 41.6 Å². The molecule has 0 fully saturated rings. The average molecular weight is 295 g/mol. The van der Waals surface area contributed by atoms with Crippen molar-refractivity contribution in [2.45, 2.75) is 33.2 Å². The van der Waals surface area contributed by atoms with E-state index in [4.69, 9.17) is 10.5 Å². The van der Waals surface area contributed by atoms with Crippen molar-refractivity contribution in [2.24, 2.45) is 5.73 Å². The first-order chi connectivity index (χ1) is 10.1. The molecule has 0 radical (unpaired) electrons. The molecule has 0 saturated heterocycles. The summed E-state index contributed by atoms with van der Waals surface area (Å²) in [6.45, 7) is 6.21. The summed E-state index contributed by atoms with van der Waals surface area (Å²) >= 11 is 0. The number of carbonyl (C=O) groups is 1. The number of unbranched alkanes of at least 4 members (excludes halogenated alkanes) is 1. The molecule has 0 atom stereocenters. The molecule has 1 rings (SSSR count). The normalized spacial score (nSPS) is 10.4. The van der Waals surface area contributed by atoms with Crippen LogP contribution in [0, 0.1) is 0 Å². The molecule has 1 aromatic heterocycles. The Morgan fingerprint density at radius 2 is 2.05 bits per heavy atom. The van der Waals surface area contributed by atoms with Crippen molar-refractivity contribution in [2.75, 3.05) is 26.2 Å². The van der Waals surface area contributed by atoms with Gasteiger partial charge < -0.3 is 19.9 Å². The van der Waals surface area contributed by atoms with E-state index in [0.29, 0.717) is 26.2 Å². The number of likely N-dealkylation sites (N-methyl/N-ethyl adjacent to an activating group) is 1. The van der Waals surface area contributed by atoms with Crippen molar-refractivity contribution in [3.05, 3.63) is 28.7 Å². The minimum absolute atomic E-state index is 0.107. The van der Waals surface area contributed by atoms with Crippen LogP contribution in [0.1, 0.15) is 26.7 Å². The van der Waals surface area contributed by atoms with Gasteiger partial charge >= 0.3 is 0 Å². The fourth-order valence-electron chi connectivity index (χ4n) is 2.03. The van der Waals surface area contributed by atoms with E-state index in [-0.39, 0.29) is 23.8 Å². The van der Waals surface area contributed by atoms with Crippen LogP contribution >= 0.6 is 0 Å². The smallest absolute Gasteiger partial charge is 0.292 e. The van der Waals surface area contributed by atoms with Crippen molar-refractivity contribution in [1.82, 2.24) is 9.47 Å². The molecule has 0 bridgehead atoms. The molecule has 0 aliphatic rings. The minimum Gasteiger partial charge on any atom is -0.478 e. The maximum atomic E-state index is 12.2. The fourth-order valence-corrected chi connectivity index (χ4v) is 2.03. The highest BCUT2D eigenvalue weighted by molar-refractivity contribution is 5.77. The molecular weight excluding hydrogens is 270 g/mol. The summed E-state index contributed by atoms with van der Waals surface area (Å²) in [4.78, 5) is 25.7. The molecular formula is C15H25N3O3. The number of nitrogens with zero attached hydrogens (tertiary/aromatic N) is 2. The molecule has 1 heterocycles. The first-order valence-electron chi connectivity index (χ1n) is 7.44. The molecule has 6 heteroatoms. The number of aromatic nitrogens is 1. The summed E-state index contributed by atoms with van der Waals surface area (Å²) in [5, 5.41) is 0. The molecule has 0 aromatic carbocycles. The number of nitrogens with two attached hydrogens (primary N) is 1. The van der Waals surface area contributed by atoms with Crippen LogP contribution in [0.5, 0.6) is 5.75 Å². The number of hydrogen-bond acceptors (Lipinski definition) is 4. The van der Waals surface area contributed by atoms with E-state index in [9.17, 15) is 9.59 Å². The Morgan fingerprint density at radius 3 is 2.67 bits per heavy atom. The minimum atomic E-state index is -0.207. The highest BCUT2D eigenvalue weighted by Gasteiger charge is 2.12. The van der Waals surface area contributed by atoms with Crippen molar-refractivity contribution in [3.8, 4) is 5.75 Å². The second kappa shape index (κ2) is 9.18. The Hall–Kier alpha value is -1.82. The Labute approximate surface area is 125 Å². The molecule has 6 nitrogen and oxygen atoms in total. The van der Waals surface area contributed by atoms with Gasteiger partial charge in [0.2, 0.25) is 0 Å². The molecule has 0 aliphatic carbocycles. The lowest BCUT2D eigenvalue weighted by Gasteiger charge is -2.18. The molecule has 0 unspecified atom stereocenters. The van der Waals surface area contributed by atoms with E-state index >= 15 is 0 Å². The third-order valence-corrected chi connectivity index (χ3v) is 3.31. The number of carbonyl (C=O) groups excluding carboxylic acids is 1. The maximum Gasteiger partial charge on any atom is 0.292 e. The quantitative estimate of drug-likeness (QED) is 0.685. The van der Waals surface area contributed by atoms with Crippen LogP contribution in [0.4, 0.5) is 0 Å². The van der Waals surface area contributed by atoms with Gasteiger partial charge in [0.25, 0.3) is 11.5 Å². The van der Waals surface area contributed by atoms with Crippen LogP contribution in [0.3, 0.4) is 0 Å². The summed E-state index contributed by atoms with van der Waals surface area (Å²) in [5.41, 5.74) is 5.24. The van der Waals surface area contributed by atoms with Gasteiger partial charge in [0, 0.05) is 25.8 Å². The molecule has 21 heavy (non-hydrogen) atoms. The topological polar surface area (TPSA) is 77.6 Å². The largest absolute Gasteiger partial charge is 0.478 e. The van der Waals surface area contributed by atoms with Crippen molar-refractivity contribution in [1.29, 1.82) is 0 Å². The SMILES string of the molecule is CCN(CC)C(=O)COc1cccn(CCCCN)c1=O. The summed E-state index contributed by atoms with van der Waals surface area (Å²) in [7, 11) is 0. The number of aryl methyl sites for hydroxylation is 1. The summed E-state index contributed by atoms with van der Waals surface area (Å²) in [6.07, 6.45) is 3.44. The van der Waals surface area contributed by atoms with E-state index in [1.807, 2.05) is 13.8 Å². The number of pyridine rings is 1. The highest BCUT2D eigenvalue weighted by atomic mass is 16.5. The molecule has 2 N–H and O–H groups in total. The zero-order valence-electron chi connectivity index (χ0n) is 12.9. The van der Waals surface area contributed by atoms with E-state index < -0.39 is 0 Å². The first-order valence-corrected chi connectivity index (χ1v) is 7.44. The Kier molecular flexibility index (Phi) is 7.53.